The molecule has 0 fully saturated rings. The molecule has 0 spiro atoms. The third-order valence-electron chi connectivity index (χ3n) is 12.1. The van der Waals surface area contributed by atoms with Crippen LogP contribution < -0.4 is 45.3 Å². The lowest BCUT2D eigenvalue weighted by Crippen LogP contribution is -2.26. The maximum atomic E-state index is 12.8. The van der Waals surface area contributed by atoms with Crippen LogP contribution in [0.3, 0.4) is 0 Å². The van der Waals surface area contributed by atoms with Crippen LogP contribution >= 0.6 is 109 Å². The highest BCUT2D eigenvalue weighted by Gasteiger charge is 2.25. The van der Waals surface area contributed by atoms with Gasteiger partial charge in [-0.25, -0.2) is 20.8 Å². The van der Waals surface area contributed by atoms with Gasteiger partial charge in [-0.05, 0) is 180 Å². The molecule has 16 N–H and O–H groups in total. The van der Waals surface area contributed by atoms with Gasteiger partial charge < -0.3 is 36.5 Å². The van der Waals surface area contributed by atoms with Crippen molar-refractivity contribution in [1.29, 1.82) is 0 Å². The van der Waals surface area contributed by atoms with Crippen LogP contribution in [0, 0.1) is 12.8 Å². The number of hydrogen-bond donors (Lipinski definition) is 11. The van der Waals surface area contributed by atoms with Gasteiger partial charge in [0.05, 0.1) is 57.5 Å². The van der Waals surface area contributed by atoms with E-state index < -0.39 is 17.1 Å². The predicted octanol–water partition coefficient (Wildman–Crippen LogP) is 14.9. The van der Waals surface area contributed by atoms with Crippen molar-refractivity contribution in [3.63, 3.8) is 0 Å². The third-order valence-corrected chi connectivity index (χ3v) is 13.5. The summed E-state index contributed by atoms with van der Waals surface area (Å²) in [5.74, 6) is 13.0. The first-order chi connectivity index (χ1) is 42.8. The molecule has 4 aromatic heterocycles. The van der Waals surface area contributed by atoms with Gasteiger partial charge >= 0.3 is 11.2 Å². The summed E-state index contributed by atoms with van der Waals surface area (Å²) < 4.78 is 15.8. The lowest BCUT2D eigenvalue weighted by molar-refractivity contribution is -0.151. The van der Waals surface area contributed by atoms with Gasteiger partial charge in [-0.15, -0.1) is 0 Å². The van der Waals surface area contributed by atoms with Gasteiger partial charge in [0, 0.05) is 48.5 Å². The minimum Gasteiger partial charge on any atom is -0.465 e. The summed E-state index contributed by atoms with van der Waals surface area (Å²) in [5, 5.41) is 6.27. The molecule has 1 aliphatic heterocycles. The highest BCUT2D eigenvalue weighted by atomic mass is 36.0. The number of nitrogens with one attached hydrogen (secondary N) is 6. The number of Topliss-reactive ketones (excluding diaryl/α,β-unsaturated/α-hetero) is 1. The molecule has 0 saturated heterocycles. The summed E-state index contributed by atoms with van der Waals surface area (Å²) in [5.41, 5.74) is 24.7. The predicted molar refractivity (Wildman–Crippen MR) is 369 cm³/mol. The Bertz CT molecular complexity index is 4270. The molecule has 0 radical (unpaired) electrons. The molecule has 5 heterocycles. The van der Waals surface area contributed by atoms with Crippen LogP contribution in [0.4, 0.5) is 23.0 Å². The van der Waals surface area contributed by atoms with Crippen LogP contribution in [-0.2, 0) is 42.9 Å². The Labute approximate surface area is 560 Å². The number of hydrogen-bond acceptors (Lipinski definition) is 15. The van der Waals surface area contributed by atoms with Crippen LogP contribution in [0.5, 0.6) is 0 Å². The number of nitrogens with zero attached hydrogens (tertiary/aromatic N) is 4. The van der Waals surface area contributed by atoms with E-state index in [0.717, 1.165) is 66.7 Å². The molecular weight excluding hydrogens is 1360 g/mol. The standard InChI is InChI=1S/C18H15ClN4O.C13H16O3.C8H6ClNO.C7H4Cl2N2.C7H7ClN4.C6H7ClN2.Cl3OP.H4N2/c1-11-14(9-12-5-3-2-4-6-12)17(24)23(22-11)18-20-15-8-7-13(19)10-16(15)21-18;1-3-16-13(15)12(10(2)14)9-11-7-5-4-6-8-11;9-6-1-2-7-5(3-6)4-8(11)10-7;8-4-1-2-5-6(3-4)11-7(9)10-5;8-4-1-2-5-6(3-4)11-7(10-5)12-9;7-4-1-2-5(8)6(9)3-4;1-5(2,3)4;1-2/h2-8,10,22H,9H2,1H3,(H,20,21);4-8,12H,3,9H2,1-2H3;1-3H,4H2,(H,10,11);1-3H,(H,10,11);1-3H,9H2,(H2,10,11,12);1-3H,8-9H2;;1-2H2. The number of benzene rings is 7. The first-order valence-electron chi connectivity index (χ1n) is 26.3. The number of rotatable bonds is 9. The van der Waals surface area contributed by atoms with Crippen LogP contribution in [0.1, 0.15) is 41.8 Å². The fourth-order valence-corrected chi connectivity index (χ4v) is 9.13. The first kappa shape index (κ1) is 73.4. The monoisotopic (exact) mass is 1420 g/mol. The van der Waals surface area contributed by atoms with Gasteiger partial charge in [0.1, 0.15) is 11.7 Å². The van der Waals surface area contributed by atoms with Crippen LogP contribution in [0.2, 0.25) is 30.4 Å². The summed E-state index contributed by atoms with van der Waals surface area (Å²) in [4.78, 5) is 68.1. The van der Waals surface area contributed by atoms with E-state index in [-0.39, 0.29) is 17.2 Å². The van der Waals surface area contributed by atoms with Crippen LogP contribution in [-0.4, -0.2) is 64.0 Å². The normalized spacial score (nSPS) is 11.3. The van der Waals surface area contributed by atoms with Crippen molar-refractivity contribution in [3.8, 4) is 5.95 Å². The Balaban J connectivity index is 0.000000198. The molecule has 1 aliphatic rings. The fourth-order valence-electron chi connectivity index (χ4n) is 8.04. The molecule has 31 heteroatoms. The molecule has 1 atom stereocenters. The van der Waals surface area contributed by atoms with E-state index in [1.54, 1.807) is 67.6 Å². The number of halogens is 9. The van der Waals surface area contributed by atoms with Crippen molar-refractivity contribution >= 4 is 182 Å². The van der Waals surface area contributed by atoms with Crippen molar-refractivity contribution in [3.05, 3.63) is 220 Å². The number of H-pyrrole nitrogens is 4. The summed E-state index contributed by atoms with van der Waals surface area (Å²) >= 11 is 48.3. The summed E-state index contributed by atoms with van der Waals surface area (Å²) in [6, 6.07) is 46.0. The van der Waals surface area contributed by atoms with E-state index in [0.29, 0.717) is 79.5 Å². The number of amides is 1. The zero-order chi connectivity index (χ0) is 66.2. The molecule has 1 unspecified atom stereocenters. The van der Waals surface area contributed by atoms with E-state index in [1.807, 2.05) is 97.9 Å². The molecule has 21 nitrogen and oxygen atoms in total. The van der Waals surface area contributed by atoms with Crippen molar-refractivity contribution in [2.24, 2.45) is 23.4 Å². The van der Waals surface area contributed by atoms with Crippen LogP contribution in [0.25, 0.3) is 39.0 Å². The number of carbonyl (C=O) groups excluding carboxylic acids is 3. The quantitative estimate of drug-likeness (QED) is 0.0160. The number of nitrogens with two attached hydrogens (primary N) is 5. The number of carbonyl (C=O) groups is 3. The van der Waals surface area contributed by atoms with Crippen molar-refractivity contribution in [2.45, 2.75) is 40.0 Å². The zero-order valence-electron chi connectivity index (χ0n) is 47.8. The number of hydrazine groups is 2. The first-order valence-corrected chi connectivity index (χ1v) is 33.0. The highest BCUT2D eigenvalue weighted by Crippen LogP contribution is 2.61. The molecule has 1 amide bonds. The van der Waals surface area contributed by atoms with Crippen molar-refractivity contribution < 1.29 is 23.7 Å². The third kappa shape index (κ3) is 23.8. The van der Waals surface area contributed by atoms with E-state index in [4.69, 9.17) is 91.7 Å². The molecule has 90 heavy (non-hydrogen) atoms. The van der Waals surface area contributed by atoms with E-state index in [9.17, 15) is 23.7 Å². The molecule has 11 aromatic rings. The SMILES string of the molecule is CCOC(=O)C(Cc1ccccc1)C(C)=O.Cc1[nH]n(-c2nc3ccc(Cl)cc3[nH]2)c(=O)c1Cc1ccccc1.Clc1ccc2nc(Cl)[nH]c2c1.NN.NNc1nc2ccc(Cl)cc2[nH]1.Nc1ccc(Cl)cc1N.O=C1Cc2cc(Cl)ccc2N1.O=P(Cl)(Cl)Cl. The maximum Gasteiger partial charge on any atom is 0.339 e. The maximum absolute atomic E-state index is 12.8. The minimum absolute atomic E-state index is 0.0438. The second kappa shape index (κ2) is 35.9. The van der Waals surface area contributed by atoms with Gasteiger partial charge in [-0.3, -0.25) is 46.0 Å². The van der Waals surface area contributed by atoms with Gasteiger partial charge in [-0.2, -0.15) is 4.68 Å². The number of imidazole rings is 3. The van der Waals surface area contributed by atoms with Crippen LogP contribution in [0.15, 0.2) is 156 Å². The molecular formula is C59H59Cl9N15O6P. The Morgan fingerprint density at radius 2 is 1.14 bits per heavy atom. The lowest BCUT2D eigenvalue weighted by atomic mass is 9.96. The van der Waals surface area contributed by atoms with Gasteiger partial charge in [0.15, 0.2) is 0 Å². The smallest absolute Gasteiger partial charge is 0.339 e. The van der Waals surface area contributed by atoms with Crippen molar-refractivity contribution in [2.75, 3.05) is 28.8 Å². The average Bonchev–Trinajstić information content (AvgIpc) is 2.00. The molecule has 0 aliphatic carbocycles. The Morgan fingerprint density at radius 3 is 1.68 bits per heavy atom. The number of aromatic amines is 4. The van der Waals surface area contributed by atoms with Gasteiger partial charge in [-0.1, -0.05) is 119 Å². The summed E-state index contributed by atoms with van der Waals surface area (Å²) in [7, 11) is 0. The fraction of sp³-hybridized carbons (Fsp3) is 0.136. The molecule has 0 bridgehead atoms. The molecule has 474 valence electrons. The van der Waals surface area contributed by atoms with Gasteiger partial charge in [0.2, 0.25) is 23.1 Å². The van der Waals surface area contributed by atoms with Gasteiger partial charge in [0.25, 0.3) is 5.56 Å². The number of nitrogen functional groups attached to an aromatic ring is 3. The zero-order valence-corrected chi connectivity index (χ0v) is 55.5. The number of esters is 1. The van der Waals surface area contributed by atoms with E-state index in [1.165, 1.54) is 11.6 Å². The second-order valence-electron chi connectivity index (χ2n) is 18.6. The molecule has 12 rings (SSSR count). The largest absolute Gasteiger partial charge is 0.465 e. The van der Waals surface area contributed by atoms with E-state index >= 15 is 0 Å². The second-order valence-corrected chi connectivity index (χ2v) is 27.8. The number of ketones is 1. The average molecular weight is 1420 g/mol. The summed E-state index contributed by atoms with van der Waals surface area (Å²) in [6.07, 6.45) is 1.45. The minimum atomic E-state index is -3.22. The molecule has 0 saturated carbocycles. The van der Waals surface area contributed by atoms with E-state index in [2.05, 4.69) is 91.2 Å². The number of aromatic nitrogens is 8. The Kier molecular flexibility index (Phi) is 29.3. The number of fused-ring (bicyclic) bond motifs is 4. The number of anilines is 4. The van der Waals surface area contributed by atoms with Crippen molar-refractivity contribution in [1.82, 2.24) is 39.7 Å². The topological polar surface area (TPSA) is 356 Å². The lowest BCUT2D eigenvalue weighted by Gasteiger charge is -2.12. The Hall–Kier alpha value is -7.31. The Morgan fingerprint density at radius 1 is 0.656 bits per heavy atom. The number of aryl methyl sites for hydroxylation is 1. The number of ether oxygens (including phenoxy) is 1. The molecule has 7 aromatic carbocycles. The summed E-state index contributed by atoms with van der Waals surface area (Å²) in [6.45, 7) is 5.36. The highest BCUT2D eigenvalue weighted by molar-refractivity contribution is 8.24.